The van der Waals surface area contributed by atoms with Crippen molar-refractivity contribution in [2.75, 3.05) is 17.6 Å². The van der Waals surface area contributed by atoms with Crippen LogP contribution < -0.4 is 11.1 Å². The van der Waals surface area contributed by atoms with Crippen LogP contribution in [0, 0.1) is 0 Å². The molecule has 2 heterocycles. The Balaban J connectivity index is 1.63. The Labute approximate surface area is 178 Å². The first-order chi connectivity index (χ1) is 14.5. The third-order valence-electron chi connectivity index (χ3n) is 5.38. The van der Waals surface area contributed by atoms with Crippen molar-refractivity contribution in [3.05, 3.63) is 29.3 Å². The highest BCUT2D eigenvalue weighted by molar-refractivity contribution is 5.95. The molecule has 166 valence electrons. The van der Waals surface area contributed by atoms with Crippen LogP contribution >= 0.6 is 0 Å². The van der Waals surface area contributed by atoms with Crippen LogP contribution in [0.2, 0.25) is 0 Å². The van der Waals surface area contributed by atoms with Gasteiger partial charge in [-0.05, 0) is 53.9 Å². The SMILES string of the molecule is CC(C)(C)c1cc(C2CC2)cc2c(N)cc(-c3nnc(NCCCC(F)(F)F)o3)nc12. The third kappa shape index (κ3) is 4.91. The Morgan fingerprint density at radius 2 is 1.87 bits per heavy atom. The molecule has 3 aromatic rings. The first kappa shape index (κ1) is 21.4. The summed E-state index contributed by atoms with van der Waals surface area (Å²) in [6, 6.07) is 6.10. The van der Waals surface area contributed by atoms with E-state index in [-0.39, 0.29) is 30.3 Å². The quantitative estimate of drug-likeness (QED) is 0.478. The smallest absolute Gasteiger partial charge is 0.389 e. The van der Waals surface area contributed by atoms with E-state index in [0.717, 1.165) is 16.5 Å². The van der Waals surface area contributed by atoms with Gasteiger partial charge in [-0.2, -0.15) is 13.2 Å². The van der Waals surface area contributed by atoms with Crippen molar-refractivity contribution in [3.8, 4) is 11.6 Å². The maximum Gasteiger partial charge on any atom is 0.389 e. The fourth-order valence-corrected chi connectivity index (χ4v) is 3.59. The van der Waals surface area contributed by atoms with Crippen molar-refractivity contribution < 1.29 is 17.6 Å². The number of rotatable bonds is 6. The van der Waals surface area contributed by atoms with E-state index in [4.69, 9.17) is 15.1 Å². The lowest BCUT2D eigenvalue weighted by Crippen LogP contribution is -2.13. The van der Waals surface area contributed by atoms with Crippen molar-refractivity contribution in [2.45, 2.75) is 64.0 Å². The molecule has 0 aliphatic heterocycles. The van der Waals surface area contributed by atoms with Crippen LogP contribution in [0.5, 0.6) is 0 Å². The standard InChI is InChI=1S/C22H26F3N5O/c1-21(2,3)15-10-13(12-5-6-12)9-14-16(26)11-17(28-18(14)15)19-29-30-20(31-19)27-8-4-7-22(23,24)25/h9-12H,4-8H2,1-3H3,(H2,26,28)(H,27,30). The van der Waals surface area contributed by atoms with Crippen molar-refractivity contribution in [3.63, 3.8) is 0 Å². The highest BCUT2D eigenvalue weighted by Crippen LogP contribution is 2.44. The van der Waals surface area contributed by atoms with Gasteiger partial charge in [0.25, 0.3) is 5.89 Å². The zero-order chi connectivity index (χ0) is 22.4. The van der Waals surface area contributed by atoms with Crippen LogP contribution in [0.1, 0.15) is 63.5 Å². The molecule has 1 fully saturated rings. The zero-order valence-electron chi connectivity index (χ0n) is 17.8. The van der Waals surface area contributed by atoms with Crippen LogP contribution in [0.15, 0.2) is 22.6 Å². The predicted molar refractivity (Wildman–Crippen MR) is 114 cm³/mol. The fraction of sp³-hybridized carbons (Fsp3) is 0.500. The van der Waals surface area contributed by atoms with E-state index in [9.17, 15) is 13.2 Å². The first-order valence-electron chi connectivity index (χ1n) is 10.4. The van der Waals surface area contributed by atoms with Gasteiger partial charge in [0.2, 0.25) is 0 Å². The highest BCUT2D eigenvalue weighted by atomic mass is 19.4. The van der Waals surface area contributed by atoms with Gasteiger partial charge in [-0.1, -0.05) is 31.9 Å². The molecule has 1 aliphatic rings. The monoisotopic (exact) mass is 433 g/mol. The molecule has 2 aromatic heterocycles. The van der Waals surface area contributed by atoms with Gasteiger partial charge in [-0.15, -0.1) is 5.10 Å². The second-order valence-electron chi connectivity index (χ2n) is 9.14. The van der Waals surface area contributed by atoms with Gasteiger partial charge in [-0.3, -0.25) is 0 Å². The Bertz CT molecular complexity index is 1100. The lowest BCUT2D eigenvalue weighted by Gasteiger charge is -2.23. The molecule has 0 amide bonds. The maximum atomic E-state index is 12.3. The van der Waals surface area contributed by atoms with Crippen molar-refractivity contribution >= 4 is 22.6 Å². The minimum absolute atomic E-state index is 0.0535. The third-order valence-corrected chi connectivity index (χ3v) is 5.38. The van der Waals surface area contributed by atoms with E-state index in [1.165, 1.54) is 18.4 Å². The van der Waals surface area contributed by atoms with E-state index in [2.05, 4.69) is 48.4 Å². The Morgan fingerprint density at radius 1 is 1.13 bits per heavy atom. The fourth-order valence-electron chi connectivity index (χ4n) is 3.59. The summed E-state index contributed by atoms with van der Waals surface area (Å²) in [5.41, 5.74) is 10.5. The molecular weight excluding hydrogens is 407 g/mol. The molecule has 0 radical (unpaired) electrons. The number of aromatic nitrogens is 3. The molecule has 6 nitrogen and oxygen atoms in total. The van der Waals surface area contributed by atoms with Crippen LogP contribution in [-0.4, -0.2) is 27.9 Å². The number of nitrogens with two attached hydrogens (primary N) is 1. The lowest BCUT2D eigenvalue weighted by molar-refractivity contribution is -0.134. The molecule has 31 heavy (non-hydrogen) atoms. The van der Waals surface area contributed by atoms with E-state index in [1.807, 2.05) is 0 Å². The molecule has 0 atom stereocenters. The van der Waals surface area contributed by atoms with Crippen molar-refractivity contribution in [1.82, 2.24) is 15.2 Å². The number of alkyl halides is 3. The normalized spacial score (nSPS) is 14.9. The van der Waals surface area contributed by atoms with Gasteiger partial charge >= 0.3 is 12.2 Å². The lowest BCUT2D eigenvalue weighted by atomic mass is 9.83. The average molecular weight is 433 g/mol. The van der Waals surface area contributed by atoms with Crippen LogP contribution in [0.4, 0.5) is 24.9 Å². The summed E-state index contributed by atoms with van der Waals surface area (Å²) in [6.45, 7) is 6.49. The summed E-state index contributed by atoms with van der Waals surface area (Å²) < 4.78 is 42.4. The number of anilines is 2. The van der Waals surface area contributed by atoms with Gasteiger partial charge in [0.05, 0.1) is 5.52 Å². The molecule has 1 aromatic carbocycles. The van der Waals surface area contributed by atoms with Crippen LogP contribution in [0.3, 0.4) is 0 Å². The molecule has 9 heteroatoms. The van der Waals surface area contributed by atoms with Gasteiger partial charge in [0.15, 0.2) is 0 Å². The molecule has 0 bridgehead atoms. The number of nitrogens with one attached hydrogen (secondary N) is 1. The van der Waals surface area contributed by atoms with Crippen molar-refractivity contribution in [1.29, 1.82) is 0 Å². The number of hydrogen-bond acceptors (Lipinski definition) is 6. The van der Waals surface area contributed by atoms with Gasteiger partial charge < -0.3 is 15.5 Å². The summed E-state index contributed by atoms with van der Waals surface area (Å²) in [7, 11) is 0. The molecule has 0 spiro atoms. The number of halogens is 3. The molecule has 1 aliphatic carbocycles. The number of fused-ring (bicyclic) bond motifs is 1. The average Bonchev–Trinajstić information content (AvgIpc) is 3.41. The van der Waals surface area contributed by atoms with Gasteiger partial charge in [0, 0.05) is 24.0 Å². The maximum absolute atomic E-state index is 12.3. The van der Waals surface area contributed by atoms with E-state index < -0.39 is 12.6 Å². The topological polar surface area (TPSA) is 89.9 Å². The Kier molecular flexibility index (Phi) is 5.31. The first-order valence-corrected chi connectivity index (χ1v) is 10.4. The Morgan fingerprint density at radius 3 is 2.52 bits per heavy atom. The van der Waals surface area contributed by atoms with E-state index in [1.54, 1.807) is 6.07 Å². The second kappa shape index (κ2) is 7.69. The van der Waals surface area contributed by atoms with E-state index in [0.29, 0.717) is 17.3 Å². The van der Waals surface area contributed by atoms with Crippen LogP contribution in [0.25, 0.3) is 22.5 Å². The highest BCUT2D eigenvalue weighted by Gasteiger charge is 2.28. The number of benzene rings is 1. The van der Waals surface area contributed by atoms with Crippen molar-refractivity contribution in [2.24, 2.45) is 0 Å². The number of nitrogens with zero attached hydrogens (tertiary/aromatic N) is 3. The Hall–Kier alpha value is -2.84. The molecule has 4 rings (SSSR count). The molecule has 3 N–H and O–H groups in total. The number of hydrogen-bond donors (Lipinski definition) is 2. The summed E-state index contributed by atoms with van der Waals surface area (Å²) in [5.74, 6) is 0.754. The summed E-state index contributed by atoms with van der Waals surface area (Å²) >= 11 is 0. The second-order valence-corrected chi connectivity index (χ2v) is 9.14. The minimum Gasteiger partial charge on any atom is -0.402 e. The zero-order valence-corrected chi connectivity index (χ0v) is 17.8. The molecule has 0 unspecified atom stereocenters. The van der Waals surface area contributed by atoms with Gasteiger partial charge in [-0.25, -0.2) is 4.98 Å². The summed E-state index contributed by atoms with van der Waals surface area (Å²) in [6.07, 6.45) is -2.75. The predicted octanol–water partition coefficient (Wildman–Crippen LogP) is 5.80. The summed E-state index contributed by atoms with van der Waals surface area (Å²) in [4.78, 5) is 4.78. The molecule has 1 saturated carbocycles. The summed E-state index contributed by atoms with van der Waals surface area (Å²) in [5, 5.41) is 11.5. The minimum atomic E-state index is -4.18. The molecule has 0 saturated heterocycles. The number of nitrogen functional groups attached to an aromatic ring is 1. The molecular formula is C22H26F3N5O. The van der Waals surface area contributed by atoms with Gasteiger partial charge in [0.1, 0.15) is 5.69 Å². The number of pyridine rings is 1. The largest absolute Gasteiger partial charge is 0.402 e. The van der Waals surface area contributed by atoms with E-state index >= 15 is 0 Å². The van der Waals surface area contributed by atoms with Crippen LogP contribution in [-0.2, 0) is 5.41 Å².